The predicted octanol–water partition coefficient (Wildman–Crippen LogP) is 42.6. The van der Waals surface area contributed by atoms with Crippen LogP contribution < -0.4 is 4.74 Å². The van der Waals surface area contributed by atoms with Gasteiger partial charge in [-0.2, -0.15) is 20.2 Å². The maximum absolute atomic E-state index is 16.9. The molecule has 0 N–H and O–H groups in total. The molecule has 7 heterocycles. The second-order valence-corrected chi connectivity index (χ2v) is 48.8. The number of hydrogen-bond donors (Lipinski definition) is 0. The zero-order chi connectivity index (χ0) is 99.7. The number of hydrogen-bond acceptors (Lipinski definition) is 13. The van der Waals surface area contributed by atoms with Crippen molar-refractivity contribution >= 4 is 114 Å². The van der Waals surface area contributed by atoms with Gasteiger partial charge in [0, 0.05) is 89.6 Å². The fraction of sp³-hybridized carbons (Fsp3) is 0.591. The number of ketones is 4. The van der Waals surface area contributed by atoms with E-state index < -0.39 is 16.4 Å². The van der Waals surface area contributed by atoms with Gasteiger partial charge in [0.25, 0.3) is 0 Å². The number of nitriles is 2. The maximum Gasteiger partial charge on any atom is 0.528 e. The Labute approximate surface area is 880 Å². The molecule has 0 fully saturated rings. The largest absolute Gasteiger partial charge is 0.528 e. The molecule has 9 nitrogen and oxygen atoms in total. The minimum Gasteiger partial charge on any atom is -0.481 e. The molecule has 0 saturated heterocycles. The van der Waals surface area contributed by atoms with Crippen molar-refractivity contribution in [1.82, 2.24) is 0 Å². The van der Waals surface area contributed by atoms with Gasteiger partial charge in [0.05, 0.1) is 35.9 Å². The first kappa shape index (κ1) is 111. The zero-order valence-electron chi connectivity index (χ0n) is 87.7. The number of thiophene rings is 6. The van der Waals surface area contributed by atoms with Crippen molar-refractivity contribution in [3.8, 4) is 66.7 Å². The Kier molecular flexibility index (Phi) is 45.9. The summed E-state index contributed by atoms with van der Waals surface area (Å²) in [5.74, 6) is 0.764. The molecule has 15 heteroatoms. The van der Waals surface area contributed by atoms with Crippen LogP contribution in [0.25, 0.3) is 81.8 Å². The van der Waals surface area contributed by atoms with Gasteiger partial charge < -0.3 is 4.74 Å². The zero-order valence-corrected chi connectivity index (χ0v) is 92.6. The van der Waals surface area contributed by atoms with Crippen LogP contribution in [0.15, 0.2) is 107 Å². The molecule has 8 aromatic rings. The molecule has 760 valence electrons. The van der Waals surface area contributed by atoms with Gasteiger partial charge in [-0.25, -0.2) is 0 Å². The van der Waals surface area contributed by atoms with E-state index in [0.717, 1.165) is 213 Å². The molecule has 0 spiro atoms. The molecule has 0 unspecified atom stereocenters. The van der Waals surface area contributed by atoms with E-state index in [2.05, 4.69) is 99.8 Å². The molecule has 142 heavy (non-hydrogen) atoms. The van der Waals surface area contributed by atoms with E-state index in [4.69, 9.17) is 17.9 Å². The SMILES string of the molecule is [C-]#[N+]C([N+]#[C-])=C1/C(=C/c2cc3c(s2)-c2sc(-c4cc5c(s4)-c4sc(-c6cc7c(s6)-c6sc(/C=C8\C(=O)c9ccccc9C8=C(C#N)C#N)cc6C(=O)C7(CCCCCCCCCCCC)CCCCCCCCCCCC)cc4C(CCCCCCCCCCCC)(CCCCCCCCCCCC)O5)cc2C(CCCCCCCCCCCC)(CCCCCCCCCCCC)C3=O)C(=O)c2ccccc21. The smallest absolute Gasteiger partial charge is 0.481 e. The van der Waals surface area contributed by atoms with Gasteiger partial charge >= 0.3 is 5.82 Å². The lowest BCUT2D eigenvalue weighted by Crippen LogP contribution is -2.38. The Balaban J connectivity index is 0.957. The minimum atomic E-state index is -0.789. The van der Waals surface area contributed by atoms with Crippen molar-refractivity contribution in [3.05, 3.63) is 190 Å². The number of benzene rings is 2. The quantitative estimate of drug-likeness (QED) is 0.0160. The second kappa shape index (κ2) is 58.5. The normalized spacial score (nSPS) is 15.0. The standard InChI is InChI=1S/C127H166N4O5S6/c1-9-15-21-27-33-39-45-51-57-67-77-125(78-68-58-52-46-40-34-28-22-16-10-2)104-87-108(139-118(104)116-102(122(125)134)85-94(137-116)83-100-112(93(91-128)92-129)96-73-63-65-75-98(96)114(100)132)110-89-106-120(141-110)121-107(136-127(106,81-71-61-55-49-43-37-31-25-19-13-5)82-72-62-56-50-44-38-32-26-20-14-6)90-111(142-121)109-88-105-119(140-109)117-103(86-95(138-117)84-101-113(124(130-7)131-8)97-74-64-66-76-99(97)115(101)133)123(135)126(105,79-69-59-53-47-41-35-29-23-17-11-3)80-70-60-54-48-42-36-30-24-18-12-4/h63-66,73-76,83-90H,9-62,67-72,77-82H2,1-6H3/b100-83-,101-84-. The van der Waals surface area contributed by atoms with Gasteiger partial charge in [-0.3, -0.25) is 19.2 Å². The van der Waals surface area contributed by atoms with Gasteiger partial charge in [0.2, 0.25) is 0 Å². The number of carbonyl (C=O) groups is 4. The predicted molar refractivity (Wildman–Crippen MR) is 610 cm³/mol. The van der Waals surface area contributed by atoms with Crippen LogP contribution in [0.5, 0.6) is 5.75 Å². The molecule has 13 rings (SSSR count). The van der Waals surface area contributed by atoms with Crippen LogP contribution in [-0.2, 0) is 16.4 Å². The lowest BCUT2D eigenvalue weighted by molar-refractivity contribution is 0.0398. The Morgan fingerprint density at radius 2 is 0.563 bits per heavy atom. The Morgan fingerprint density at radius 1 is 0.303 bits per heavy atom. The first-order valence-corrected chi connectivity index (χ1v) is 62.1. The summed E-state index contributed by atoms with van der Waals surface area (Å²) in [7, 11) is 0. The number of rotatable bonds is 70. The first-order chi connectivity index (χ1) is 69.7. The third-order valence-electron chi connectivity index (χ3n) is 31.8. The monoisotopic (exact) mass is 2020 g/mol. The number of Topliss-reactive ketones (excluding diaryl/α,β-unsaturated/α-hetero) is 4. The summed E-state index contributed by atoms with van der Waals surface area (Å²) >= 11 is 10.6. The van der Waals surface area contributed by atoms with Crippen LogP contribution in [0.3, 0.4) is 0 Å². The summed E-state index contributed by atoms with van der Waals surface area (Å²) in [5, 5.41) is 21.1. The number of fused-ring (bicyclic) bond motifs is 11. The van der Waals surface area contributed by atoms with Crippen LogP contribution in [-0.4, -0.2) is 23.1 Å². The third-order valence-corrected chi connectivity index (χ3v) is 39.3. The van der Waals surface area contributed by atoms with Crippen LogP contribution in [0.4, 0.5) is 0 Å². The van der Waals surface area contributed by atoms with Gasteiger partial charge in [-0.15, -0.1) is 68.0 Å². The summed E-state index contributed by atoms with van der Waals surface area (Å²) in [4.78, 5) is 83.6. The summed E-state index contributed by atoms with van der Waals surface area (Å²) in [5.41, 5.74) is 6.27. The molecule has 6 aromatic heterocycles. The number of carbonyl (C=O) groups excluding carboxylic acids is 4. The van der Waals surface area contributed by atoms with Crippen molar-refractivity contribution in [2.24, 2.45) is 0 Å². The minimum absolute atomic E-state index is 0.0992. The third kappa shape index (κ3) is 28.3. The number of unbranched alkanes of at least 4 members (excludes halogenated alkanes) is 54. The van der Waals surface area contributed by atoms with Crippen LogP contribution in [0.2, 0.25) is 0 Å². The van der Waals surface area contributed by atoms with Gasteiger partial charge in [0.15, 0.2) is 23.1 Å². The molecule has 5 aliphatic rings. The van der Waals surface area contributed by atoms with Crippen molar-refractivity contribution in [2.75, 3.05) is 0 Å². The first-order valence-electron chi connectivity index (χ1n) is 57.2. The van der Waals surface area contributed by atoms with Crippen molar-refractivity contribution in [1.29, 1.82) is 10.5 Å². The number of allylic oxidation sites excluding steroid dienone is 5. The fourth-order valence-corrected chi connectivity index (χ4v) is 31.3. The summed E-state index contributed by atoms with van der Waals surface area (Å²) in [6.45, 7) is 30.2. The molecule has 0 saturated carbocycles. The lowest BCUT2D eigenvalue weighted by Gasteiger charge is -2.38. The molecule has 1 aliphatic heterocycles. The molecular formula is C127H166N4O5S6. The topological polar surface area (TPSA) is 134 Å². The number of ether oxygens (including phenoxy) is 1. The summed E-state index contributed by atoms with van der Waals surface area (Å²) < 4.78 is 8.24. The molecule has 0 amide bonds. The van der Waals surface area contributed by atoms with E-state index in [1.165, 1.54) is 303 Å². The average molecular weight is 2020 g/mol. The van der Waals surface area contributed by atoms with Crippen molar-refractivity contribution in [2.45, 2.75) is 482 Å². The molecule has 0 bridgehead atoms. The molecule has 4 aliphatic carbocycles. The lowest BCUT2D eigenvalue weighted by atomic mass is 9.65. The Hall–Kier alpha value is -7.96. The highest BCUT2D eigenvalue weighted by atomic mass is 32.1. The maximum atomic E-state index is 16.9. The van der Waals surface area contributed by atoms with E-state index in [9.17, 15) is 20.1 Å². The second-order valence-electron chi connectivity index (χ2n) is 42.4. The Bertz CT molecular complexity index is 5640. The average Bonchev–Trinajstić information content (AvgIpc) is 1.54. The van der Waals surface area contributed by atoms with E-state index >= 15 is 9.59 Å². The van der Waals surface area contributed by atoms with Gasteiger partial charge in [-0.05, 0) is 116 Å². The van der Waals surface area contributed by atoms with E-state index in [1.54, 1.807) is 34.8 Å². The van der Waals surface area contributed by atoms with Crippen LogP contribution >= 0.6 is 68.0 Å². The highest BCUT2D eigenvalue weighted by molar-refractivity contribution is 7.31. The summed E-state index contributed by atoms with van der Waals surface area (Å²) in [6, 6.07) is 33.1. The molecular weight excluding hydrogens is 1850 g/mol. The van der Waals surface area contributed by atoms with E-state index in [-0.39, 0.29) is 34.5 Å². The van der Waals surface area contributed by atoms with Crippen molar-refractivity contribution in [3.63, 3.8) is 0 Å². The van der Waals surface area contributed by atoms with Crippen molar-refractivity contribution < 1.29 is 23.9 Å². The molecule has 0 radical (unpaired) electrons. The van der Waals surface area contributed by atoms with Crippen LogP contribution in [0, 0.1) is 35.8 Å². The van der Waals surface area contributed by atoms with Gasteiger partial charge in [0.1, 0.15) is 42.2 Å². The fourth-order valence-electron chi connectivity index (χ4n) is 23.6. The van der Waals surface area contributed by atoms with Gasteiger partial charge in [-0.1, -0.05) is 462 Å². The van der Waals surface area contributed by atoms with E-state index in [0.29, 0.717) is 44.5 Å². The van der Waals surface area contributed by atoms with Crippen LogP contribution in [0.1, 0.15) is 544 Å². The highest BCUT2D eigenvalue weighted by Crippen LogP contribution is 2.64. The number of nitrogens with zero attached hydrogens (tertiary/aromatic N) is 4. The molecule has 2 aromatic carbocycles. The summed E-state index contributed by atoms with van der Waals surface area (Å²) in [6.07, 6.45) is 81.6. The highest BCUT2D eigenvalue weighted by Gasteiger charge is 2.52. The molecule has 0 atom stereocenters. The Morgan fingerprint density at radius 3 is 0.873 bits per heavy atom. The van der Waals surface area contributed by atoms with E-state index in [1.807, 2.05) is 93.9 Å².